The van der Waals surface area contributed by atoms with Crippen LogP contribution in [0.2, 0.25) is 0 Å². The molecule has 0 radical (unpaired) electrons. The predicted octanol–water partition coefficient (Wildman–Crippen LogP) is 3.05. The molecule has 0 heterocycles. The van der Waals surface area contributed by atoms with Crippen molar-refractivity contribution in [1.29, 1.82) is 0 Å². The third-order valence-corrected chi connectivity index (χ3v) is 5.39. The molecule has 0 amide bonds. The zero-order chi connectivity index (χ0) is 16.4. The first kappa shape index (κ1) is 19.5. The molecule has 1 N–H and O–H groups in total. The fourth-order valence-electron chi connectivity index (χ4n) is 3.21. The van der Waals surface area contributed by atoms with Gasteiger partial charge in [-0.25, -0.2) is 0 Å². The third kappa shape index (κ3) is 6.29. The second kappa shape index (κ2) is 11.1. The van der Waals surface area contributed by atoms with Crippen molar-refractivity contribution in [2.45, 2.75) is 57.9 Å². The van der Waals surface area contributed by atoms with E-state index >= 15 is 0 Å². The van der Waals surface area contributed by atoms with Gasteiger partial charge in [0.25, 0.3) is 0 Å². The molecule has 0 spiro atoms. The Kier molecular flexibility index (Phi) is 9.80. The van der Waals surface area contributed by atoms with E-state index in [9.17, 15) is 9.59 Å². The molecule has 1 aliphatic rings. The largest absolute Gasteiger partial charge is 0.468 e. The highest BCUT2D eigenvalue weighted by Crippen LogP contribution is 2.25. The van der Waals surface area contributed by atoms with E-state index in [1.807, 2.05) is 6.26 Å². The van der Waals surface area contributed by atoms with Gasteiger partial charge in [0.15, 0.2) is 0 Å². The number of nitrogens with one attached hydrogen (secondary N) is 1. The van der Waals surface area contributed by atoms with Gasteiger partial charge >= 0.3 is 5.97 Å². The quantitative estimate of drug-likeness (QED) is 0.624. The van der Waals surface area contributed by atoms with E-state index < -0.39 is 0 Å². The Bertz CT molecular complexity index is 343. The van der Waals surface area contributed by atoms with Gasteiger partial charge in [0, 0.05) is 18.9 Å². The lowest BCUT2D eigenvalue weighted by Gasteiger charge is -2.25. The van der Waals surface area contributed by atoms with Crippen molar-refractivity contribution in [2.24, 2.45) is 11.8 Å². The summed E-state index contributed by atoms with van der Waals surface area (Å²) in [5.41, 5.74) is 0. The van der Waals surface area contributed by atoms with E-state index in [4.69, 9.17) is 4.74 Å². The topological polar surface area (TPSA) is 55.4 Å². The smallest absolute Gasteiger partial charge is 0.323 e. The van der Waals surface area contributed by atoms with Crippen LogP contribution in [0.1, 0.15) is 51.9 Å². The molecule has 1 aliphatic carbocycles. The Morgan fingerprint density at radius 1 is 1.27 bits per heavy atom. The Balaban J connectivity index is 2.45. The second-order valence-corrected chi connectivity index (χ2v) is 7.04. The van der Waals surface area contributed by atoms with Crippen molar-refractivity contribution in [3.8, 4) is 0 Å². The Morgan fingerprint density at radius 2 is 1.95 bits per heavy atom. The van der Waals surface area contributed by atoms with Gasteiger partial charge in [-0.2, -0.15) is 11.8 Å². The molecule has 5 heteroatoms. The van der Waals surface area contributed by atoms with Gasteiger partial charge in [0.1, 0.15) is 11.8 Å². The Labute approximate surface area is 139 Å². The standard InChI is InChI=1S/C17H31NO3S/c1-4-13(12-22-3)16(17(20)21-2)18-11-10-15(19)14-8-6-5-7-9-14/h13-14,16,18H,4-12H2,1-3H3. The van der Waals surface area contributed by atoms with Crippen LogP contribution in [0.3, 0.4) is 0 Å². The lowest BCUT2D eigenvalue weighted by Crippen LogP contribution is -2.45. The number of rotatable bonds is 10. The number of carbonyl (C=O) groups is 2. The van der Waals surface area contributed by atoms with Crippen molar-refractivity contribution in [3.63, 3.8) is 0 Å². The molecule has 0 saturated heterocycles. The van der Waals surface area contributed by atoms with Crippen molar-refractivity contribution < 1.29 is 14.3 Å². The average Bonchev–Trinajstić information content (AvgIpc) is 2.57. The Morgan fingerprint density at radius 3 is 2.50 bits per heavy atom. The average molecular weight is 330 g/mol. The maximum absolute atomic E-state index is 12.2. The van der Waals surface area contributed by atoms with E-state index in [0.717, 1.165) is 25.0 Å². The van der Waals surface area contributed by atoms with Gasteiger partial charge in [0.2, 0.25) is 0 Å². The number of hydrogen-bond acceptors (Lipinski definition) is 5. The second-order valence-electron chi connectivity index (χ2n) is 6.13. The number of ketones is 1. The van der Waals surface area contributed by atoms with Gasteiger partial charge in [-0.1, -0.05) is 32.6 Å². The SMILES string of the molecule is CCC(CSC)C(NCCC(=O)C1CCCCC1)C(=O)OC. The highest BCUT2D eigenvalue weighted by molar-refractivity contribution is 7.98. The maximum Gasteiger partial charge on any atom is 0.323 e. The molecule has 2 unspecified atom stereocenters. The molecule has 2 atom stereocenters. The number of thioether (sulfide) groups is 1. The summed E-state index contributed by atoms with van der Waals surface area (Å²) in [6, 6.07) is -0.304. The zero-order valence-electron chi connectivity index (χ0n) is 14.2. The molecule has 4 nitrogen and oxygen atoms in total. The molecule has 0 aliphatic heterocycles. The lowest BCUT2D eigenvalue weighted by molar-refractivity contribution is -0.144. The molecule has 1 rings (SSSR count). The third-order valence-electron chi connectivity index (χ3n) is 4.63. The van der Waals surface area contributed by atoms with E-state index in [1.165, 1.54) is 26.4 Å². The first-order chi connectivity index (χ1) is 10.6. The monoisotopic (exact) mass is 329 g/mol. The molecule has 0 aromatic heterocycles. The predicted molar refractivity (Wildman–Crippen MR) is 92.2 cm³/mol. The van der Waals surface area contributed by atoms with Gasteiger partial charge in [-0.15, -0.1) is 0 Å². The molecular formula is C17H31NO3S. The van der Waals surface area contributed by atoms with Crippen LogP contribution in [0.25, 0.3) is 0 Å². The summed E-state index contributed by atoms with van der Waals surface area (Å²) >= 11 is 1.74. The summed E-state index contributed by atoms with van der Waals surface area (Å²) in [4.78, 5) is 24.2. The summed E-state index contributed by atoms with van der Waals surface area (Å²) in [7, 11) is 1.43. The molecular weight excluding hydrogens is 298 g/mol. The fraction of sp³-hybridized carbons (Fsp3) is 0.882. The van der Waals surface area contributed by atoms with Crippen LogP contribution in [0.4, 0.5) is 0 Å². The normalized spacial score (nSPS) is 18.7. The summed E-state index contributed by atoms with van der Waals surface area (Å²) in [5, 5.41) is 3.27. The number of esters is 1. The highest BCUT2D eigenvalue weighted by atomic mass is 32.2. The Hall–Kier alpha value is -0.550. The molecule has 0 bridgehead atoms. The lowest BCUT2D eigenvalue weighted by atomic mass is 9.85. The van der Waals surface area contributed by atoms with Crippen LogP contribution in [-0.2, 0) is 14.3 Å². The van der Waals surface area contributed by atoms with Crippen LogP contribution in [0.15, 0.2) is 0 Å². The summed E-state index contributed by atoms with van der Waals surface area (Å²) in [5.74, 6) is 1.55. The molecule has 128 valence electrons. The zero-order valence-corrected chi connectivity index (χ0v) is 15.0. The first-order valence-electron chi connectivity index (χ1n) is 8.46. The van der Waals surface area contributed by atoms with Crippen molar-refractivity contribution in [1.82, 2.24) is 5.32 Å². The minimum Gasteiger partial charge on any atom is -0.468 e. The number of carbonyl (C=O) groups excluding carboxylic acids is 2. The van der Waals surface area contributed by atoms with Crippen LogP contribution < -0.4 is 5.32 Å². The van der Waals surface area contributed by atoms with E-state index in [0.29, 0.717) is 18.7 Å². The van der Waals surface area contributed by atoms with E-state index in [1.54, 1.807) is 11.8 Å². The van der Waals surface area contributed by atoms with Crippen LogP contribution in [0, 0.1) is 11.8 Å². The van der Waals surface area contributed by atoms with E-state index in [2.05, 4.69) is 12.2 Å². The number of hydrogen-bond donors (Lipinski definition) is 1. The first-order valence-corrected chi connectivity index (χ1v) is 9.86. The van der Waals surface area contributed by atoms with Gasteiger partial charge in [-0.3, -0.25) is 9.59 Å². The highest BCUT2D eigenvalue weighted by Gasteiger charge is 2.28. The van der Waals surface area contributed by atoms with E-state index in [-0.39, 0.29) is 23.8 Å². The van der Waals surface area contributed by atoms with Crippen molar-refractivity contribution in [3.05, 3.63) is 0 Å². The summed E-state index contributed by atoms with van der Waals surface area (Å²) in [6.07, 6.45) is 9.20. The number of methoxy groups -OCH3 is 1. The molecule has 1 saturated carbocycles. The molecule has 0 aromatic carbocycles. The minimum absolute atomic E-state index is 0.217. The van der Waals surface area contributed by atoms with Crippen LogP contribution in [-0.4, -0.2) is 43.5 Å². The summed E-state index contributed by atoms with van der Waals surface area (Å²) < 4.78 is 4.92. The van der Waals surface area contributed by atoms with Crippen LogP contribution in [0.5, 0.6) is 0 Å². The van der Waals surface area contributed by atoms with Gasteiger partial charge < -0.3 is 10.1 Å². The summed E-state index contributed by atoms with van der Waals surface area (Å²) in [6.45, 7) is 2.66. The number of Topliss-reactive ketones (excluding diaryl/α,β-unsaturated/α-hetero) is 1. The number of ether oxygens (including phenoxy) is 1. The van der Waals surface area contributed by atoms with Gasteiger partial charge in [0.05, 0.1) is 7.11 Å². The minimum atomic E-state index is -0.304. The molecule has 22 heavy (non-hydrogen) atoms. The van der Waals surface area contributed by atoms with Crippen molar-refractivity contribution in [2.75, 3.05) is 25.7 Å². The van der Waals surface area contributed by atoms with Gasteiger partial charge in [-0.05, 0) is 30.8 Å². The maximum atomic E-state index is 12.2. The fourth-order valence-corrected chi connectivity index (χ4v) is 4.07. The van der Waals surface area contributed by atoms with Crippen molar-refractivity contribution >= 4 is 23.5 Å². The molecule has 1 fully saturated rings. The molecule has 0 aromatic rings. The van der Waals surface area contributed by atoms with Crippen LogP contribution >= 0.6 is 11.8 Å².